The van der Waals surface area contributed by atoms with E-state index in [0.29, 0.717) is 12.3 Å². The van der Waals surface area contributed by atoms with Gasteiger partial charge in [-0.05, 0) is 31.6 Å². The van der Waals surface area contributed by atoms with Crippen molar-refractivity contribution in [3.8, 4) is 0 Å². The molecule has 2 unspecified atom stereocenters. The maximum atomic E-state index is 12.1. The van der Waals surface area contributed by atoms with Crippen molar-refractivity contribution in [1.29, 1.82) is 0 Å². The van der Waals surface area contributed by atoms with Gasteiger partial charge in [-0.2, -0.15) is 0 Å². The molecule has 2 fully saturated rings. The van der Waals surface area contributed by atoms with Crippen molar-refractivity contribution < 1.29 is 14.7 Å². The topological polar surface area (TPSA) is 57.6 Å². The second-order valence-electron chi connectivity index (χ2n) is 5.50. The van der Waals surface area contributed by atoms with Gasteiger partial charge in [-0.25, -0.2) is 0 Å². The quantitative estimate of drug-likeness (QED) is 0.813. The minimum absolute atomic E-state index is 0.0375. The number of hydrogen-bond acceptors (Lipinski definition) is 2. The van der Waals surface area contributed by atoms with Gasteiger partial charge in [0.2, 0.25) is 5.91 Å². The van der Waals surface area contributed by atoms with Gasteiger partial charge in [0.1, 0.15) is 0 Å². The lowest BCUT2D eigenvalue weighted by Crippen LogP contribution is -2.45. The molecule has 2 atom stereocenters. The predicted molar refractivity (Wildman–Crippen MR) is 63.4 cm³/mol. The van der Waals surface area contributed by atoms with Crippen molar-refractivity contribution in [2.75, 3.05) is 13.6 Å². The molecule has 1 amide bonds. The number of hydrogen-bond donors (Lipinski definition) is 1. The molecule has 0 heterocycles. The second kappa shape index (κ2) is 5.07. The van der Waals surface area contributed by atoms with Crippen molar-refractivity contribution >= 4 is 11.9 Å². The Bertz CT molecular complexity index is 310. The number of amides is 1. The number of nitrogens with zero attached hydrogens (tertiary/aromatic N) is 1. The molecule has 96 valence electrons. The van der Waals surface area contributed by atoms with Gasteiger partial charge in [0.25, 0.3) is 0 Å². The highest BCUT2D eigenvalue weighted by molar-refractivity contribution is 5.86. The normalized spacial score (nSPS) is 28.8. The summed E-state index contributed by atoms with van der Waals surface area (Å²) in [5.41, 5.74) is 0. The van der Waals surface area contributed by atoms with E-state index >= 15 is 0 Å². The number of aliphatic carboxylic acids is 1. The van der Waals surface area contributed by atoms with Crippen LogP contribution in [-0.4, -0.2) is 35.5 Å². The molecule has 0 aromatic rings. The smallest absolute Gasteiger partial charge is 0.307 e. The minimum atomic E-state index is -0.816. The second-order valence-corrected chi connectivity index (χ2v) is 5.50. The van der Waals surface area contributed by atoms with Crippen LogP contribution in [0.25, 0.3) is 0 Å². The molecular formula is C13H21NO3. The first-order valence-electron chi connectivity index (χ1n) is 6.57. The molecule has 2 aliphatic rings. The van der Waals surface area contributed by atoms with Gasteiger partial charge in [-0.15, -0.1) is 0 Å². The van der Waals surface area contributed by atoms with Gasteiger partial charge in [-0.3, -0.25) is 9.59 Å². The molecule has 4 nitrogen and oxygen atoms in total. The summed E-state index contributed by atoms with van der Waals surface area (Å²) in [6, 6.07) is 0. The third-order valence-corrected chi connectivity index (χ3v) is 4.29. The Kier molecular flexibility index (Phi) is 3.69. The number of carbonyl (C=O) groups is 2. The zero-order valence-corrected chi connectivity index (χ0v) is 10.4. The molecule has 2 aliphatic carbocycles. The van der Waals surface area contributed by atoms with E-state index in [4.69, 9.17) is 5.11 Å². The fourth-order valence-electron chi connectivity index (χ4n) is 3.04. The van der Waals surface area contributed by atoms with Crippen LogP contribution in [0.5, 0.6) is 0 Å². The van der Waals surface area contributed by atoms with Gasteiger partial charge >= 0.3 is 5.97 Å². The van der Waals surface area contributed by atoms with E-state index in [0.717, 1.165) is 13.0 Å². The molecule has 4 heteroatoms. The Hall–Kier alpha value is -1.06. The molecule has 0 aliphatic heterocycles. The molecule has 17 heavy (non-hydrogen) atoms. The van der Waals surface area contributed by atoms with Gasteiger partial charge in [0, 0.05) is 13.6 Å². The van der Waals surface area contributed by atoms with Gasteiger partial charge < -0.3 is 10.0 Å². The highest BCUT2D eigenvalue weighted by atomic mass is 16.4. The minimum Gasteiger partial charge on any atom is -0.481 e. The van der Waals surface area contributed by atoms with E-state index in [-0.39, 0.29) is 11.8 Å². The summed E-state index contributed by atoms with van der Waals surface area (Å²) in [5, 5.41) is 8.95. The van der Waals surface area contributed by atoms with Crippen LogP contribution in [0.1, 0.15) is 38.5 Å². The Morgan fingerprint density at radius 1 is 1.12 bits per heavy atom. The molecular weight excluding hydrogens is 218 g/mol. The van der Waals surface area contributed by atoms with Crippen molar-refractivity contribution in [1.82, 2.24) is 4.90 Å². The highest BCUT2D eigenvalue weighted by Gasteiger charge is 2.42. The van der Waals surface area contributed by atoms with Crippen molar-refractivity contribution in [2.45, 2.75) is 38.5 Å². The summed E-state index contributed by atoms with van der Waals surface area (Å²) >= 11 is 0. The molecule has 0 aromatic carbocycles. The molecule has 0 radical (unpaired) electrons. The van der Waals surface area contributed by atoms with Crippen molar-refractivity contribution in [3.63, 3.8) is 0 Å². The maximum absolute atomic E-state index is 12.1. The van der Waals surface area contributed by atoms with E-state index in [1.807, 2.05) is 7.05 Å². The third-order valence-electron chi connectivity index (χ3n) is 4.29. The Morgan fingerprint density at radius 3 is 2.18 bits per heavy atom. The van der Waals surface area contributed by atoms with Crippen LogP contribution in [0.2, 0.25) is 0 Å². The monoisotopic (exact) mass is 239 g/mol. The van der Waals surface area contributed by atoms with Crippen LogP contribution in [0.4, 0.5) is 0 Å². The van der Waals surface area contributed by atoms with Crippen molar-refractivity contribution in [3.05, 3.63) is 0 Å². The Labute approximate surface area is 102 Å². The molecule has 2 rings (SSSR count). The van der Waals surface area contributed by atoms with E-state index in [1.54, 1.807) is 4.90 Å². The maximum Gasteiger partial charge on any atom is 0.307 e. The first-order valence-corrected chi connectivity index (χ1v) is 6.57. The predicted octanol–water partition coefficient (Wildman–Crippen LogP) is 1.75. The molecule has 0 saturated heterocycles. The van der Waals surface area contributed by atoms with Gasteiger partial charge in [0.15, 0.2) is 0 Å². The van der Waals surface area contributed by atoms with Crippen LogP contribution in [0, 0.1) is 17.8 Å². The van der Waals surface area contributed by atoms with Crippen LogP contribution >= 0.6 is 0 Å². The summed E-state index contributed by atoms with van der Waals surface area (Å²) in [5.74, 6) is -0.848. The van der Waals surface area contributed by atoms with Crippen molar-refractivity contribution in [2.24, 2.45) is 17.8 Å². The lowest BCUT2D eigenvalue weighted by atomic mass is 9.73. The average Bonchev–Trinajstić information content (AvgIpc) is 2.67. The summed E-state index contributed by atoms with van der Waals surface area (Å²) in [6.45, 7) is 0.807. The number of carboxylic acid groups (broad SMARTS) is 1. The van der Waals surface area contributed by atoms with Crippen LogP contribution in [0.15, 0.2) is 0 Å². The molecule has 0 spiro atoms. The lowest BCUT2D eigenvalue weighted by Gasteiger charge is -2.35. The Balaban J connectivity index is 1.84. The fourth-order valence-corrected chi connectivity index (χ4v) is 3.04. The first kappa shape index (κ1) is 12.4. The average molecular weight is 239 g/mol. The summed E-state index contributed by atoms with van der Waals surface area (Å²) in [4.78, 5) is 24.7. The van der Waals surface area contributed by atoms with E-state index in [2.05, 4.69) is 0 Å². The molecule has 0 aromatic heterocycles. The standard InChI is InChI=1S/C13H21NO3/c1-14(8-9-4-2-3-5-9)12(15)10-6-7-11(10)13(16)17/h9-11H,2-8H2,1H3,(H,16,17). The molecule has 2 saturated carbocycles. The molecule has 1 N–H and O–H groups in total. The highest BCUT2D eigenvalue weighted by Crippen LogP contribution is 2.36. The van der Waals surface area contributed by atoms with E-state index in [1.165, 1.54) is 25.7 Å². The number of carbonyl (C=O) groups excluding carboxylic acids is 1. The van der Waals surface area contributed by atoms with Crippen LogP contribution in [-0.2, 0) is 9.59 Å². The summed E-state index contributed by atoms with van der Waals surface area (Å²) in [6.07, 6.45) is 6.37. The van der Waals surface area contributed by atoms with E-state index < -0.39 is 11.9 Å². The van der Waals surface area contributed by atoms with Crippen LogP contribution < -0.4 is 0 Å². The van der Waals surface area contributed by atoms with Crippen LogP contribution in [0.3, 0.4) is 0 Å². The zero-order chi connectivity index (χ0) is 12.4. The third kappa shape index (κ3) is 2.61. The Morgan fingerprint density at radius 2 is 1.71 bits per heavy atom. The van der Waals surface area contributed by atoms with Gasteiger partial charge in [0.05, 0.1) is 11.8 Å². The summed E-state index contributed by atoms with van der Waals surface area (Å²) in [7, 11) is 1.82. The van der Waals surface area contributed by atoms with E-state index in [9.17, 15) is 9.59 Å². The zero-order valence-electron chi connectivity index (χ0n) is 10.4. The first-order chi connectivity index (χ1) is 8.09. The SMILES string of the molecule is CN(CC1CCCC1)C(=O)C1CCC1C(=O)O. The fraction of sp³-hybridized carbons (Fsp3) is 0.846. The number of rotatable bonds is 4. The molecule has 0 bridgehead atoms. The number of carboxylic acids is 1. The summed E-state index contributed by atoms with van der Waals surface area (Å²) < 4.78 is 0. The largest absolute Gasteiger partial charge is 0.481 e. The lowest BCUT2D eigenvalue weighted by molar-refractivity contribution is -0.156. The van der Waals surface area contributed by atoms with Gasteiger partial charge in [-0.1, -0.05) is 12.8 Å².